The lowest BCUT2D eigenvalue weighted by Crippen LogP contribution is -2.45. The first-order chi connectivity index (χ1) is 12.5. The Morgan fingerprint density at radius 2 is 2.12 bits per heavy atom. The number of carboxylic acids is 1. The summed E-state index contributed by atoms with van der Waals surface area (Å²) in [5.74, 6) is -1.29. The number of H-pyrrole nitrogens is 1. The molecule has 0 amide bonds. The molecule has 3 aromatic rings. The van der Waals surface area contributed by atoms with Crippen molar-refractivity contribution in [2.45, 2.75) is 18.5 Å². The summed E-state index contributed by atoms with van der Waals surface area (Å²) in [6.45, 7) is 0. The van der Waals surface area contributed by atoms with Crippen molar-refractivity contribution in [1.29, 1.82) is 0 Å². The molecule has 5 nitrogen and oxygen atoms in total. The van der Waals surface area contributed by atoms with Gasteiger partial charge in [0.2, 0.25) is 0 Å². The normalized spacial score (nSPS) is 19.3. The number of fused-ring (bicyclic) bond motifs is 3. The highest BCUT2D eigenvalue weighted by Gasteiger charge is 2.35. The molecule has 0 unspecified atom stereocenters. The minimum Gasteiger partial charge on any atom is -0.494 e. The molecule has 7 heteroatoms. The maximum atomic E-state index is 14.0. The highest BCUT2D eigenvalue weighted by atomic mass is 79.9. The van der Waals surface area contributed by atoms with Crippen LogP contribution < -0.4 is 10.1 Å². The molecule has 0 fully saturated rings. The van der Waals surface area contributed by atoms with E-state index in [9.17, 15) is 14.3 Å². The average molecular weight is 419 g/mol. The van der Waals surface area contributed by atoms with Gasteiger partial charge in [0.05, 0.1) is 13.2 Å². The minimum atomic E-state index is -0.920. The van der Waals surface area contributed by atoms with Crippen molar-refractivity contribution in [3.8, 4) is 5.75 Å². The van der Waals surface area contributed by atoms with Gasteiger partial charge in [0.25, 0.3) is 0 Å². The molecule has 0 saturated heterocycles. The first kappa shape index (κ1) is 17.1. The summed E-state index contributed by atoms with van der Waals surface area (Å²) in [6, 6.07) is 9.55. The molecule has 0 saturated carbocycles. The van der Waals surface area contributed by atoms with Gasteiger partial charge in [-0.25, -0.2) is 4.39 Å². The summed E-state index contributed by atoms with van der Waals surface area (Å²) in [6.07, 6.45) is 0.376. The number of halogens is 2. The molecule has 26 heavy (non-hydrogen) atoms. The molecule has 134 valence electrons. The topological polar surface area (TPSA) is 74.3 Å². The van der Waals surface area contributed by atoms with Gasteiger partial charge in [-0.05, 0) is 29.3 Å². The molecule has 2 atom stereocenters. The molecule has 3 N–H and O–H groups in total. The largest absolute Gasteiger partial charge is 0.494 e. The molecule has 0 radical (unpaired) electrons. The summed E-state index contributed by atoms with van der Waals surface area (Å²) in [7, 11) is 1.40. The lowest BCUT2D eigenvalue weighted by Gasteiger charge is -2.30. The lowest BCUT2D eigenvalue weighted by atomic mass is 9.90. The number of hydrogen-bond acceptors (Lipinski definition) is 3. The first-order valence-corrected chi connectivity index (χ1v) is 8.90. The van der Waals surface area contributed by atoms with E-state index in [0.29, 0.717) is 16.5 Å². The van der Waals surface area contributed by atoms with Crippen LogP contribution in [0.2, 0.25) is 0 Å². The van der Waals surface area contributed by atoms with Crippen LogP contribution in [0.4, 0.5) is 4.39 Å². The van der Waals surface area contributed by atoms with Gasteiger partial charge in [0, 0.05) is 27.5 Å². The molecule has 1 aliphatic heterocycles. The van der Waals surface area contributed by atoms with Crippen molar-refractivity contribution in [3.05, 3.63) is 63.5 Å². The number of nitrogens with one attached hydrogen (secondary N) is 2. The summed E-state index contributed by atoms with van der Waals surface area (Å²) >= 11 is 3.40. The van der Waals surface area contributed by atoms with E-state index in [2.05, 4.69) is 26.2 Å². The maximum Gasteiger partial charge on any atom is 0.321 e. The number of carbonyl (C=O) groups is 1. The number of benzene rings is 2. The van der Waals surface area contributed by atoms with Crippen LogP contribution in [0.15, 0.2) is 40.9 Å². The SMILES string of the molecule is COc1cc([C@H]2N[C@H](C(=O)O)Cc3c2[nH]c2ccccc32)c(Br)cc1F. The zero-order valence-corrected chi connectivity index (χ0v) is 15.4. The fourth-order valence-electron chi connectivity index (χ4n) is 3.56. The van der Waals surface area contributed by atoms with Crippen LogP contribution in [-0.2, 0) is 11.2 Å². The Morgan fingerprint density at radius 1 is 1.35 bits per heavy atom. The maximum absolute atomic E-state index is 14.0. The van der Waals surface area contributed by atoms with Crippen molar-refractivity contribution in [2.75, 3.05) is 7.11 Å². The lowest BCUT2D eigenvalue weighted by molar-refractivity contribution is -0.139. The number of para-hydroxylation sites is 1. The predicted octanol–water partition coefficient (Wildman–Crippen LogP) is 3.77. The van der Waals surface area contributed by atoms with Crippen molar-refractivity contribution in [3.63, 3.8) is 0 Å². The molecule has 2 aromatic carbocycles. The number of aliphatic carboxylic acids is 1. The van der Waals surface area contributed by atoms with Crippen LogP contribution in [0, 0.1) is 5.82 Å². The van der Waals surface area contributed by atoms with Gasteiger partial charge in [-0.1, -0.05) is 34.1 Å². The minimum absolute atomic E-state index is 0.111. The van der Waals surface area contributed by atoms with E-state index in [1.807, 2.05) is 24.3 Å². The van der Waals surface area contributed by atoms with Crippen LogP contribution in [-0.4, -0.2) is 29.2 Å². The van der Waals surface area contributed by atoms with Gasteiger partial charge in [-0.2, -0.15) is 0 Å². The molecule has 0 aliphatic carbocycles. The smallest absolute Gasteiger partial charge is 0.321 e. The van der Waals surface area contributed by atoms with Gasteiger partial charge in [0.1, 0.15) is 6.04 Å². The van der Waals surface area contributed by atoms with Gasteiger partial charge in [0.15, 0.2) is 11.6 Å². The number of aromatic amines is 1. The molecule has 0 bridgehead atoms. The van der Waals surface area contributed by atoms with Crippen LogP contribution in [0.3, 0.4) is 0 Å². The molecule has 1 aromatic heterocycles. The Hall–Kier alpha value is -2.38. The number of aromatic nitrogens is 1. The number of hydrogen-bond donors (Lipinski definition) is 3. The highest BCUT2D eigenvalue weighted by Crippen LogP contribution is 2.39. The van der Waals surface area contributed by atoms with E-state index >= 15 is 0 Å². The van der Waals surface area contributed by atoms with E-state index in [-0.39, 0.29) is 5.75 Å². The summed E-state index contributed by atoms with van der Waals surface area (Å²) in [5, 5.41) is 13.7. The van der Waals surface area contributed by atoms with E-state index in [0.717, 1.165) is 22.2 Å². The number of carboxylic acid groups (broad SMARTS) is 1. The van der Waals surface area contributed by atoms with E-state index in [1.54, 1.807) is 6.07 Å². The highest BCUT2D eigenvalue weighted by molar-refractivity contribution is 9.10. The standard InChI is InChI=1S/C19H16BrFN2O3/c1-26-16-7-11(12(20)8-13(16)21)18-17-10(6-15(23-18)19(24)25)9-4-2-3-5-14(9)22-17/h2-5,7-8,15,18,22-23H,6H2,1H3,(H,24,25)/t15-,18+/m0/s1. The fourth-order valence-corrected chi connectivity index (χ4v) is 4.11. The van der Waals surface area contributed by atoms with Gasteiger partial charge in [-0.3, -0.25) is 10.1 Å². The Labute approximate surface area is 157 Å². The molecule has 0 spiro atoms. The third-order valence-corrected chi connectivity index (χ3v) is 5.48. The van der Waals surface area contributed by atoms with E-state index in [1.165, 1.54) is 13.2 Å². The molecular formula is C19H16BrFN2O3. The average Bonchev–Trinajstić information content (AvgIpc) is 3.00. The first-order valence-electron chi connectivity index (χ1n) is 8.11. The van der Waals surface area contributed by atoms with Crippen LogP contribution in [0.1, 0.15) is 22.9 Å². The Balaban J connectivity index is 1.93. The second kappa shape index (κ2) is 6.41. The van der Waals surface area contributed by atoms with Gasteiger partial charge in [-0.15, -0.1) is 0 Å². The predicted molar refractivity (Wildman–Crippen MR) is 99.1 cm³/mol. The zero-order chi connectivity index (χ0) is 18.4. The quantitative estimate of drug-likeness (QED) is 0.605. The van der Waals surface area contributed by atoms with Crippen LogP contribution >= 0.6 is 15.9 Å². The van der Waals surface area contributed by atoms with Crippen molar-refractivity contribution >= 4 is 32.8 Å². The summed E-state index contributed by atoms with van der Waals surface area (Å²) in [4.78, 5) is 15.1. The third kappa shape index (κ3) is 2.68. The van der Waals surface area contributed by atoms with Crippen LogP contribution in [0.5, 0.6) is 5.75 Å². The second-order valence-corrected chi connectivity index (χ2v) is 7.12. The molecule has 4 rings (SSSR count). The second-order valence-electron chi connectivity index (χ2n) is 6.27. The molecule has 2 heterocycles. The van der Waals surface area contributed by atoms with Crippen LogP contribution in [0.25, 0.3) is 10.9 Å². The zero-order valence-electron chi connectivity index (χ0n) is 13.8. The Bertz CT molecular complexity index is 1020. The Kier molecular flexibility index (Phi) is 4.20. The molecule has 1 aliphatic rings. The summed E-state index contributed by atoms with van der Waals surface area (Å²) < 4.78 is 19.6. The number of rotatable bonds is 3. The van der Waals surface area contributed by atoms with Gasteiger partial charge >= 0.3 is 5.97 Å². The van der Waals surface area contributed by atoms with Gasteiger partial charge < -0.3 is 14.8 Å². The number of ether oxygens (including phenoxy) is 1. The van der Waals surface area contributed by atoms with E-state index in [4.69, 9.17) is 4.74 Å². The summed E-state index contributed by atoms with van der Waals surface area (Å²) in [5.41, 5.74) is 3.51. The third-order valence-electron chi connectivity index (χ3n) is 4.79. The Morgan fingerprint density at radius 3 is 2.85 bits per heavy atom. The number of methoxy groups -OCH3 is 1. The van der Waals surface area contributed by atoms with Crippen molar-refractivity contribution in [1.82, 2.24) is 10.3 Å². The van der Waals surface area contributed by atoms with E-state index < -0.39 is 23.9 Å². The monoisotopic (exact) mass is 418 g/mol. The fraction of sp³-hybridized carbons (Fsp3) is 0.211. The van der Waals surface area contributed by atoms with Crippen molar-refractivity contribution < 1.29 is 19.0 Å². The van der Waals surface area contributed by atoms with Crippen molar-refractivity contribution in [2.24, 2.45) is 0 Å². The molecular weight excluding hydrogens is 403 g/mol.